The molecule has 0 radical (unpaired) electrons. The van der Waals surface area contributed by atoms with Gasteiger partial charge in [0, 0.05) is 6.54 Å². The lowest BCUT2D eigenvalue weighted by Crippen LogP contribution is -2.30. The molecule has 0 unspecified atom stereocenters. The number of carbonyl (C=O) groups excluding carboxylic acids is 1. The Bertz CT molecular complexity index is 684. The number of benzene rings is 2. The van der Waals surface area contributed by atoms with Crippen LogP contribution < -0.4 is 14.8 Å². The van der Waals surface area contributed by atoms with Gasteiger partial charge in [-0.05, 0) is 49.4 Å². The zero-order valence-corrected chi connectivity index (χ0v) is 14.6. The van der Waals surface area contributed by atoms with E-state index in [0.29, 0.717) is 24.5 Å². The topological polar surface area (TPSA) is 50.8 Å². The molecule has 0 bridgehead atoms. The molecule has 1 N–H and O–H groups in total. The minimum absolute atomic E-state index is 0.0742. The highest BCUT2D eigenvalue weighted by atomic mass is 16.5. The number of methoxy groups -OCH3 is 2. The van der Waals surface area contributed by atoms with E-state index in [9.17, 15) is 4.79 Å². The van der Waals surface area contributed by atoms with E-state index >= 15 is 0 Å². The predicted molar refractivity (Wildman–Crippen MR) is 95.7 cm³/mol. The van der Waals surface area contributed by atoms with E-state index in [2.05, 4.69) is 5.32 Å². The molecular formula is C19H24N2O3. The molecule has 2 aromatic rings. The van der Waals surface area contributed by atoms with Crippen LogP contribution in [0.2, 0.25) is 0 Å². The van der Waals surface area contributed by atoms with E-state index in [4.69, 9.17) is 9.47 Å². The number of nitrogens with zero attached hydrogens (tertiary/aromatic N) is 1. The van der Waals surface area contributed by atoms with Crippen molar-refractivity contribution >= 4 is 11.6 Å². The molecule has 5 nitrogen and oxygen atoms in total. The molecule has 128 valence electrons. The molecule has 2 aromatic carbocycles. The second kappa shape index (κ2) is 8.36. The van der Waals surface area contributed by atoms with Gasteiger partial charge in [0.25, 0.3) is 0 Å². The fraction of sp³-hybridized carbons (Fsp3) is 0.316. The average molecular weight is 328 g/mol. The first-order valence-corrected chi connectivity index (χ1v) is 7.78. The lowest BCUT2D eigenvalue weighted by atomic mass is 10.2. The molecule has 1 amide bonds. The summed E-state index contributed by atoms with van der Waals surface area (Å²) in [5.74, 6) is 1.41. The summed E-state index contributed by atoms with van der Waals surface area (Å²) < 4.78 is 10.4. The second-order valence-corrected chi connectivity index (χ2v) is 5.77. The van der Waals surface area contributed by atoms with Gasteiger partial charge in [-0.25, -0.2) is 0 Å². The van der Waals surface area contributed by atoms with E-state index < -0.39 is 0 Å². The Morgan fingerprint density at radius 3 is 2.42 bits per heavy atom. The smallest absolute Gasteiger partial charge is 0.238 e. The van der Waals surface area contributed by atoms with Crippen LogP contribution >= 0.6 is 0 Å². The molecule has 0 atom stereocenters. The third-order valence-corrected chi connectivity index (χ3v) is 3.65. The van der Waals surface area contributed by atoms with Gasteiger partial charge in [-0.3, -0.25) is 9.69 Å². The predicted octanol–water partition coefficient (Wildman–Crippen LogP) is 3.08. The molecule has 0 fully saturated rings. The van der Waals surface area contributed by atoms with Crippen molar-refractivity contribution in [1.29, 1.82) is 0 Å². The third-order valence-electron chi connectivity index (χ3n) is 3.65. The summed E-state index contributed by atoms with van der Waals surface area (Å²) in [5, 5.41) is 2.91. The van der Waals surface area contributed by atoms with Gasteiger partial charge in [0.15, 0.2) is 0 Å². The van der Waals surface area contributed by atoms with Gasteiger partial charge < -0.3 is 14.8 Å². The summed E-state index contributed by atoms with van der Waals surface area (Å²) in [5.41, 5.74) is 2.89. The Morgan fingerprint density at radius 2 is 1.79 bits per heavy atom. The van der Waals surface area contributed by atoms with E-state index in [-0.39, 0.29) is 5.91 Å². The zero-order valence-electron chi connectivity index (χ0n) is 14.6. The SMILES string of the molecule is COc1ccc(CN(C)CC(=O)Nc2cc(C)ccc2OC)cc1. The van der Waals surface area contributed by atoms with E-state index in [1.165, 1.54) is 0 Å². The highest BCUT2D eigenvalue weighted by Crippen LogP contribution is 2.25. The first-order chi connectivity index (χ1) is 11.5. The minimum atomic E-state index is -0.0742. The van der Waals surface area contributed by atoms with Gasteiger partial charge in [0.2, 0.25) is 5.91 Å². The quantitative estimate of drug-likeness (QED) is 0.848. The van der Waals surface area contributed by atoms with Gasteiger partial charge in [-0.1, -0.05) is 18.2 Å². The fourth-order valence-corrected chi connectivity index (χ4v) is 2.45. The van der Waals surface area contributed by atoms with Crippen molar-refractivity contribution in [2.45, 2.75) is 13.5 Å². The Balaban J connectivity index is 1.92. The molecule has 24 heavy (non-hydrogen) atoms. The molecule has 2 rings (SSSR count). The Morgan fingerprint density at radius 1 is 1.08 bits per heavy atom. The van der Waals surface area contributed by atoms with Gasteiger partial charge in [0.1, 0.15) is 11.5 Å². The Hall–Kier alpha value is -2.53. The number of rotatable bonds is 7. The lowest BCUT2D eigenvalue weighted by molar-refractivity contribution is -0.117. The number of anilines is 1. The first kappa shape index (κ1) is 17.8. The second-order valence-electron chi connectivity index (χ2n) is 5.77. The summed E-state index contributed by atoms with van der Waals surface area (Å²) >= 11 is 0. The highest BCUT2D eigenvalue weighted by Gasteiger charge is 2.11. The maximum atomic E-state index is 12.3. The summed E-state index contributed by atoms with van der Waals surface area (Å²) in [6.45, 7) is 2.95. The van der Waals surface area contributed by atoms with Crippen molar-refractivity contribution < 1.29 is 14.3 Å². The van der Waals surface area contributed by atoms with Crippen LogP contribution in [-0.2, 0) is 11.3 Å². The van der Waals surface area contributed by atoms with Crippen LogP contribution in [0.4, 0.5) is 5.69 Å². The maximum absolute atomic E-state index is 12.3. The van der Waals surface area contributed by atoms with Crippen LogP contribution in [0.15, 0.2) is 42.5 Å². The van der Waals surface area contributed by atoms with Crippen molar-refractivity contribution in [3.05, 3.63) is 53.6 Å². The van der Waals surface area contributed by atoms with Crippen molar-refractivity contribution in [3.8, 4) is 11.5 Å². The summed E-state index contributed by atoms with van der Waals surface area (Å²) in [6, 6.07) is 13.5. The van der Waals surface area contributed by atoms with E-state index in [1.54, 1.807) is 14.2 Å². The molecule has 0 aliphatic rings. The van der Waals surface area contributed by atoms with Gasteiger partial charge in [-0.15, -0.1) is 0 Å². The molecule has 0 saturated heterocycles. The van der Waals surface area contributed by atoms with Crippen LogP contribution in [0.25, 0.3) is 0 Å². The highest BCUT2D eigenvalue weighted by molar-refractivity contribution is 5.93. The number of hydrogen-bond acceptors (Lipinski definition) is 4. The van der Waals surface area contributed by atoms with Crippen LogP contribution in [-0.4, -0.2) is 38.6 Å². The molecule has 0 aromatic heterocycles. The number of likely N-dealkylation sites (N-methyl/N-ethyl adjacent to an activating group) is 1. The monoisotopic (exact) mass is 328 g/mol. The molecule has 0 heterocycles. The molecular weight excluding hydrogens is 304 g/mol. The average Bonchev–Trinajstić information content (AvgIpc) is 2.55. The number of hydrogen-bond donors (Lipinski definition) is 1. The summed E-state index contributed by atoms with van der Waals surface area (Å²) in [6.07, 6.45) is 0. The van der Waals surface area contributed by atoms with Gasteiger partial charge >= 0.3 is 0 Å². The van der Waals surface area contributed by atoms with Gasteiger partial charge in [0.05, 0.1) is 26.5 Å². The van der Waals surface area contributed by atoms with Crippen LogP contribution in [0.1, 0.15) is 11.1 Å². The van der Waals surface area contributed by atoms with Crippen molar-refractivity contribution in [2.24, 2.45) is 0 Å². The van der Waals surface area contributed by atoms with Crippen molar-refractivity contribution in [3.63, 3.8) is 0 Å². The fourth-order valence-electron chi connectivity index (χ4n) is 2.45. The first-order valence-electron chi connectivity index (χ1n) is 7.78. The maximum Gasteiger partial charge on any atom is 0.238 e. The number of carbonyl (C=O) groups is 1. The van der Waals surface area contributed by atoms with Crippen molar-refractivity contribution in [1.82, 2.24) is 4.90 Å². The lowest BCUT2D eigenvalue weighted by Gasteiger charge is -2.17. The van der Waals surface area contributed by atoms with E-state index in [1.807, 2.05) is 61.3 Å². The van der Waals surface area contributed by atoms with Crippen LogP contribution in [0, 0.1) is 6.92 Å². The van der Waals surface area contributed by atoms with Crippen LogP contribution in [0.3, 0.4) is 0 Å². The van der Waals surface area contributed by atoms with Crippen molar-refractivity contribution in [2.75, 3.05) is 33.1 Å². The standard InChI is InChI=1S/C19H24N2O3/c1-14-5-10-18(24-4)17(11-14)20-19(22)13-21(2)12-15-6-8-16(23-3)9-7-15/h5-11H,12-13H2,1-4H3,(H,20,22). The molecule has 0 saturated carbocycles. The number of nitrogens with one attached hydrogen (secondary N) is 1. The normalized spacial score (nSPS) is 10.5. The number of amides is 1. The molecule has 5 heteroatoms. The number of aryl methyl sites for hydroxylation is 1. The summed E-state index contributed by atoms with van der Waals surface area (Å²) in [7, 11) is 5.15. The molecule has 0 aliphatic heterocycles. The Labute approximate surface area is 143 Å². The summed E-state index contributed by atoms with van der Waals surface area (Å²) in [4.78, 5) is 14.2. The Kier molecular flexibility index (Phi) is 6.21. The van der Waals surface area contributed by atoms with E-state index in [0.717, 1.165) is 16.9 Å². The largest absolute Gasteiger partial charge is 0.497 e. The molecule has 0 spiro atoms. The van der Waals surface area contributed by atoms with Crippen LogP contribution in [0.5, 0.6) is 11.5 Å². The molecule has 0 aliphatic carbocycles. The zero-order chi connectivity index (χ0) is 17.5. The third kappa shape index (κ3) is 4.99. The van der Waals surface area contributed by atoms with Gasteiger partial charge in [-0.2, -0.15) is 0 Å². The number of ether oxygens (including phenoxy) is 2. The minimum Gasteiger partial charge on any atom is -0.497 e.